The van der Waals surface area contributed by atoms with Crippen molar-refractivity contribution >= 4 is 17.5 Å². The van der Waals surface area contributed by atoms with E-state index >= 15 is 0 Å². The maximum atomic E-state index is 12.4. The van der Waals surface area contributed by atoms with Crippen molar-refractivity contribution in [3.05, 3.63) is 65.0 Å². The Kier molecular flexibility index (Phi) is 6.38. The zero-order valence-corrected chi connectivity index (χ0v) is 18.1. The molecule has 0 N–H and O–H groups in total. The predicted octanol–water partition coefficient (Wildman–Crippen LogP) is 4.26. The number of hydrogen-bond donors (Lipinski definition) is 0. The molecule has 0 unspecified atom stereocenters. The number of benzene rings is 2. The molecule has 1 aromatic heterocycles. The molecule has 0 bridgehead atoms. The van der Waals surface area contributed by atoms with E-state index in [2.05, 4.69) is 22.3 Å². The smallest absolute Gasteiger partial charge is 0.191 e. The van der Waals surface area contributed by atoms with Crippen LogP contribution in [0, 0.1) is 0 Å². The lowest BCUT2D eigenvalue weighted by atomic mass is 9.92. The summed E-state index contributed by atoms with van der Waals surface area (Å²) in [5.41, 5.74) is 3.49. The zero-order valence-electron chi connectivity index (χ0n) is 17.3. The van der Waals surface area contributed by atoms with Gasteiger partial charge in [-0.1, -0.05) is 17.8 Å². The van der Waals surface area contributed by atoms with E-state index in [1.165, 1.54) is 35.7 Å². The van der Waals surface area contributed by atoms with E-state index in [1.807, 2.05) is 17.7 Å². The maximum absolute atomic E-state index is 12.4. The summed E-state index contributed by atoms with van der Waals surface area (Å²) in [7, 11) is 3.50. The molecule has 0 radical (unpaired) electrons. The summed E-state index contributed by atoms with van der Waals surface area (Å²) < 4.78 is 13.0. The van der Waals surface area contributed by atoms with Crippen LogP contribution >= 0.6 is 11.8 Å². The second-order valence-corrected chi connectivity index (χ2v) is 8.27. The van der Waals surface area contributed by atoms with E-state index < -0.39 is 0 Å². The molecule has 1 heterocycles. The average molecular weight is 424 g/mol. The van der Waals surface area contributed by atoms with Gasteiger partial charge in [-0.2, -0.15) is 0 Å². The molecule has 6 nitrogen and oxygen atoms in total. The van der Waals surface area contributed by atoms with Gasteiger partial charge in [0.2, 0.25) is 0 Å². The number of ether oxygens (including phenoxy) is 2. The van der Waals surface area contributed by atoms with Crippen LogP contribution in [0.5, 0.6) is 11.5 Å². The number of aryl methyl sites for hydroxylation is 2. The van der Waals surface area contributed by atoms with Gasteiger partial charge in [-0.15, -0.1) is 10.2 Å². The van der Waals surface area contributed by atoms with Gasteiger partial charge in [0.1, 0.15) is 18.1 Å². The third kappa shape index (κ3) is 4.67. The van der Waals surface area contributed by atoms with Gasteiger partial charge in [-0.05, 0) is 73.2 Å². The normalized spacial score (nSPS) is 13.0. The largest absolute Gasteiger partial charge is 0.497 e. The summed E-state index contributed by atoms with van der Waals surface area (Å²) >= 11 is 1.37. The van der Waals surface area contributed by atoms with Crippen LogP contribution in [0.2, 0.25) is 0 Å². The van der Waals surface area contributed by atoms with Gasteiger partial charge in [-0.25, -0.2) is 0 Å². The molecule has 0 atom stereocenters. The first-order chi connectivity index (χ1) is 14.6. The van der Waals surface area contributed by atoms with Gasteiger partial charge >= 0.3 is 0 Å². The van der Waals surface area contributed by atoms with Crippen LogP contribution < -0.4 is 9.47 Å². The van der Waals surface area contributed by atoms with E-state index in [0.29, 0.717) is 23.1 Å². The van der Waals surface area contributed by atoms with E-state index in [-0.39, 0.29) is 5.78 Å². The molecule has 0 amide bonds. The van der Waals surface area contributed by atoms with Gasteiger partial charge in [0.05, 0.1) is 12.9 Å². The molecule has 1 aliphatic carbocycles. The van der Waals surface area contributed by atoms with E-state index in [0.717, 1.165) is 30.2 Å². The van der Waals surface area contributed by atoms with Crippen molar-refractivity contribution in [3.63, 3.8) is 0 Å². The minimum atomic E-state index is 0.0394. The van der Waals surface area contributed by atoms with Crippen molar-refractivity contribution in [1.82, 2.24) is 14.8 Å². The molecule has 2 aromatic carbocycles. The Hall–Kier alpha value is -2.80. The number of Topliss-reactive ketones (excluding diaryl/α,β-unsaturated/α-hetero) is 1. The number of rotatable bonds is 8. The summed E-state index contributed by atoms with van der Waals surface area (Å²) in [6, 6.07) is 13.5. The van der Waals surface area contributed by atoms with Crippen LogP contribution in [-0.4, -0.2) is 33.4 Å². The minimum absolute atomic E-state index is 0.0394. The third-order valence-electron chi connectivity index (χ3n) is 5.36. The molecule has 0 saturated carbocycles. The van der Waals surface area contributed by atoms with Crippen molar-refractivity contribution in [2.75, 3.05) is 12.9 Å². The molecule has 0 spiro atoms. The van der Waals surface area contributed by atoms with Crippen molar-refractivity contribution < 1.29 is 14.3 Å². The van der Waals surface area contributed by atoms with Crippen LogP contribution in [0.1, 0.15) is 40.2 Å². The Balaban J connectivity index is 1.33. The summed E-state index contributed by atoms with van der Waals surface area (Å²) in [5, 5.41) is 9.14. The fourth-order valence-electron chi connectivity index (χ4n) is 3.53. The number of carbonyl (C=O) groups is 1. The number of fused-ring (bicyclic) bond motifs is 1. The molecule has 0 aliphatic heterocycles. The Bertz CT molecular complexity index is 1030. The highest BCUT2D eigenvalue weighted by molar-refractivity contribution is 7.99. The molecule has 3 aromatic rings. The van der Waals surface area contributed by atoms with Gasteiger partial charge in [0.25, 0.3) is 0 Å². The number of thioether (sulfide) groups is 1. The molecule has 1 aliphatic rings. The SMILES string of the molecule is COc1ccc(C(=O)CSc2nnc(COc3ccc4c(c3)CCCC4)n2C)cc1. The molecule has 7 heteroatoms. The Morgan fingerprint density at radius 2 is 1.77 bits per heavy atom. The van der Waals surface area contributed by atoms with Gasteiger partial charge in [-0.3, -0.25) is 4.79 Å². The van der Waals surface area contributed by atoms with Gasteiger partial charge < -0.3 is 14.0 Å². The zero-order chi connectivity index (χ0) is 20.9. The van der Waals surface area contributed by atoms with Crippen LogP contribution in [0.3, 0.4) is 0 Å². The fourth-order valence-corrected chi connectivity index (χ4v) is 4.36. The second kappa shape index (κ2) is 9.34. The number of hydrogen-bond acceptors (Lipinski definition) is 6. The molecule has 4 rings (SSSR count). The quantitative estimate of drug-likeness (QED) is 0.398. The molecular formula is C23H25N3O3S. The lowest BCUT2D eigenvalue weighted by Gasteiger charge is -2.16. The predicted molar refractivity (Wildman–Crippen MR) is 116 cm³/mol. The summed E-state index contributed by atoms with van der Waals surface area (Å²) in [4.78, 5) is 12.4. The lowest BCUT2D eigenvalue weighted by molar-refractivity contribution is 0.102. The first-order valence-electron chi connectivity index (χ1n) is 10.1. The molecule has 0 saturated heterocycles. The third-order valence-corrected chi connectivity index (χ3v) is 6.38. The first kappa shape index (κ1) is 20.5. The lowest BCUT2D eigenvalue weighted by Crippen LogP contribution is -2.07. The van der Waals surface area contributed by atoms with Crippen molar-refractivity contribution in [1.29, 1.82) is 0 Å². The standard InChI is InChI=1S/C23H25N3O3S/c1-26-22(14-29-20-12-7-16-5-3-4-6-18(16)13-20)24-25-23(26)30-15-21(27)17-8-10-19(28-2)11-9-17/h7-13H,3-6,14-15H2,1-2H3. The second-order valence-electron chi connectivity index (χ2n) is 7.32. The van der Waals surface area contributed by atoms with Crippen molar-refractivity contribution in [3.8, 4) is 11.5 Å². The summed E-state index contributed by atoms with van der Waals surface area (Å²) in [6.45, 7) is 0.343. The summed E-state index contributed by atoms with van der Waals surface area (Å²) in [6.07, 6.45) is 4.80. The highest BCUT2D eigenvalue weighted by Gasteiger charge is 2.14. The van der Waals surface area contributed by atoms with Crippen LogP contribution in [0.4, 0.5) is 0 Å². The molecule has 156 valence electrons. The summed E-state index contributed by atoms with van der Waals surface area (Å²) in [5.74, 6) is 2.66. The number of nitrogens with zero attached hydrogens (tertiary/aromatic N) is 3. The van der Waals surface area contributed by atoms with Crippen molar-refractivity contribution in [2.45, 2.75) is 37.4 Å². The molecular weight excluding hydrogens is 398 g/mol. The maximum Gasteiger partial charge on any atom is 0.191 e. The van der Waals surface area contributed by atoms with Gasteiger partial charge in [0.15, 0.2) is 16.8 Å². The Morgan fingerprint density at radius 1 is 1.03 bits per heavy atom. The van der Waals surface area contributed by atoms with Crippen LogP contribution in [0.15, 0.2) is 47.6 Å². The number of methoxy groups -OCH3 is 1. The topological polar surface area (TPSA) is 66.2 Å². The van der Waals surface area contributed by atoms with Gasteiger partial charge in [0, 0.05) is 12.6 Å². The monoisotopic (exact) mass is 423 g/mol. The van der Waals surface area contributed by atoms with E-state index in [4.69, 9.17) is 9.47 Å². The van der Waals surface area contributed by atoms with E-state index in [9.17, 15) is 4.79 Å². The van der Waals surface area contributed by atoms with Crippen molar-refractivity contribution in [2.24, 2.45) is 7.05 Å². The number of aromatic nitrogens is 3. The average Bonchev–Trinajstić information content (AvgIpc) is 3.15. The number of carbonyl (C=O) groups excluding carboxylic acids is 1. The highest BCUT2D eigenvalue weighted by Crippen LogP contribution is 2.26. The minimum Gasteiger partial charge on any atom is -0.497 e. The molecule has 30 heavy (non-hydrogen) atoms. The Morgan fingerprint density at radius 3 is 2.53 bits per heavy atom. The van der Waals surface area contributed by atoms with Crippen LogP contribution in [-0.2, 0) is 26.5 Å². The number of ketones is 1. The van der Waals surface area contributed by atoms with E-state index in [1.54, 1.807) is 31.4 Å². The fraction of sp³-hybridized carbons (Fsp3) is 0.348. The van der Waals surface area contributed by atoms with Crippen LogP contribution in [0.25, 0.3) is 0 Å². The Labute approximate surface area is 180 Å². The first-order valence-corrected chi connectivity index (χ1v) is 11.1. The highest BCUT2D eigenvalue weighted by atomic mass is 32.2. The molecule has 0 fully saturated rings.